The number of nitrogen functional groups attached to an aromatic ring is 1. The van der Waals surface area contributed by atoms with Crippen molar-refractivity contribution in [2.45, 2.75) is 0 Å². The zero-order valence-electron chi connectivity index (χ0n) is 7.99. The van der Waals surface area contributed by atoms with Gasteiger partial charge in [-0.15, -0.1) is 6.42 Å². The second-order valence-corrected chi connectivity index (χ2v) is 2.94. The molecule has 0 saturated carbocycles. The van der Waals surface area contributed by atoms with Gasteiger partial charge < -0.3 is 10.6 Å². The third kappa shape index (κ3) is 1.97. The number of terminal acetylenes is 1. The molecule has 2 N–H and O–H groups in total. The van der Waals surface area contributed by atoms with Gasteiger partial charge in [0, 0.05) is 12.7 Å². The van der Waals surface area contributed by atoms with Gasteiger partial charge in [-0.2, -0.15) is 5.26 Å². The summed E-state index contributed by atoms with van der Waals surface area (Å²) in [6.45, 7) is 0.519. The molecule has 0 saturated heterocycles. The van der Waals surface area contributed by atoms with E-state index in [1.165, 1.54) is 0 Å². The molecule has 0 atom stereocenters. The molecule has 0 radical (unpaired) electrons. The Morgan fingerprint density at radius 3 is 2.79 bits per heavy atom. The summed E-state index contributed by atoms with van der Waals surface area (Å²) in [5, 5.41) is 8.68. The molecule has 0 aliphatic heterocycles. The number of hydrogen-bond donors (Lipinski definition) is 1. The van der Waals surface area contributed by atoms with Gasteiger partial charge in [0.15, 0.2) is 0 Å². The highest BCUT2D eigenvalue weighted by Gasteiger charge is 2.02. The molecule has 1 rings (SSSR count). The van der Waals surface area contributed by atoms with Crippen molar-refractivity contribution < 1.29 is 0 Å². The normalized spacial score (nSPS) is 8.79. The Balaban J connectivity index is 2.99. The van der Waals surface area contributed by atoms with Crippen LogP contribution in [-0.4, -0.2) is 13.6 Å². The van der Waals surface area contributed by atoms with E-state index in [1.54, 1.807) is 12.1 Å². The van der Waals surface area contributed by atoms with Crippen LogP contribution in [0.4, 0.5) is 11.4 Å². The number of nitrogens with two attached hydrogens (primary N) is 1. The minimum absolute atomic E-state index is 0.480. The topological polar surface area (TPSA) is 53.0 Å². The van der Waals surface area contributed by atoms with Crippen LogP contribution in [0.5, 0.6) is 0 Å². The Hall–Kier alpha value is -2.13. The predicted octanol–water partition coefficient (Wildman–Crippen LogP) is 1.21. The van der Waals surface area contributed by atoms with E-state index in [-0.39, 0.29) is 0 Å². The number of nitriles is 1. The van der Waals surface area contributed by atoms with Crippen LogP contribution in [0.2, 0.25) is 0 Å². The number of rotatable bonds is 2. The van der Waals surface area contributed by atoms with Crippen LogP contribution >= 0.6 is 0 Å². The Kier molecular flexibility index (Phi) is 2.99. The van der Waals surface area contributed by atoms with Gasteiger partial charge in [0.25, 0.3) is 0 Å². The fourth-order valence-corrected chi connectivity index (χ4v) is 1.12. The first-order valence-electron chi connectivity index (χ1n) is 4.13. The second kappa shape index (κ2) is 4.20. The van der Waals surface area contributed by atoms with Crippen LogP contribution in [0.3, 0.4) is 0 Å². The Labute approximate surface area is 83.7 Å². The first-order chi connectivity index (χ1) is 6.69. The van der Waals surface area contributed by atoms with Gasteiger partial charge in [0.1, 0.15) is 6.07 Å². The molecule has 0 spiro atoms. The number of hydrogen-bond acceptors (Lipinski definition) is 3. The summed E-state index contributed by atoms with van der Waals surface area (Å²) in [5.74, 6) is 2.53. The van der Waals surface area contributed by atoms with Crippen molar-refractivity contribution in [1.82, 2.24) is 0 Å². The van der Waals surface area contributed by atoms with Gasteiger partial charge in [-0.25, -0.2) is 0 Å². The van der Waals surface area contributed by atoms with Crippen LogP contribution in [0.25, 0.3) is 0 Å². The summed E-state index contributed by atoms with van der Waals surface area (Å²) in [4.78, 5) is 1.89. The largest absolute Gasteiger partial charge is 0.398 e. The number of nitrogens with zero attached hydrogens (tertiary/aromatic N) is 2. The predicted molar refractivity (Wildman–Crippen MR) is 57.7 cm³/mol. The fraction of sp³-hybridized carbons (Fsp3) is 0.182. The lowest BCUT2D eigenvalue weighted by Crippen LogP contribution is -2.17. The Morgan fingerprint density at radius 2 is 2.29 bits per heavy atom. The standard InChI is InChI=1S/C11H11N3/c1-3-6-14(2)10-5-4-9(8-12)11(13)7-10/h1,4-5,7H,6,13H2,2H3. The van der Waals surface area contributed by atoms with E-state index in [4.69, 9.17) is 17.4 Å². The summed E-state index contributed by atoms with van der Waals surface area (Å²) in [7, 11) is 1.88. The van der Waals surface area contributed by atoms with Crippen molar-refractivity contribution in [2.75, 3.05) is 24.2 Å². The molecule has 0 unspecified atom stereocenters. The molecule has 70 valence electrons. The summed E-state index contributed by atoms with van der Waals surface area (Å²) in [5.41, 5.74) is 7.55. The molecule has 3 nitrogen and oxygen atoms in total. The SMILES string of the molecule is C#CCN(C)c1ccc(C#N)c(N)c1. The van der Waals surface area contributed by atoms with Gasteiger partial charge in [0.2, 0.25) is 0 Å². The van der Waals surface area contributed by atoms with E-state index < -0.39 is 0 Å². The third-order valence-electron chi connectivity index (χ3n) is 1.92. The molecule has 0 aromatic heterocycles. The van der Waals surface area contributed by atoms with E-state index >= 15 is 0 Å². The van der Waals surface area contributed by atoms with Gasteiger partial charge in [-0.1, -0.05) is 5.92 Å². The molecule has 0 bridgehead atoms. The van der Waals surface area contributed by atoms with Crippen LogP contribution in [0, 0.1) is 23.7 Å². The zero-order chi connectivity index (χ0) is 10.6. The molecule has 0 amide bonds. The van der Waals surface area contributed by atoms with E-state index in [0.29, 0.717) is 17.8 Å². The highest BCUT2D eigenvalue weighted by molar-refractivity contribution is 5.63. The van der Waals surface area contributed by atoms with Crippen molar-refractivity contribution in [3.63, 3.8) is 0 Å². The molecular formula is C11H11N3. The molecular weight excluding hydrogens is 174 g/mol. The van der Waals surface area contributed by atoms with Gasteiger partial charge in [-0.05, 0) is 18.2 Å². The Bertz CT molecular complexity index is 410. The summed E-state index contributed by atoms with van der Waals surface area (Å²) in [6.07, 6.45) is 5.19. The van der Waals surface area contributed by atoms with E-state index in [9.17, 15) is 0 Å². The average molecular weight is 185 g/mol. The minimum atomic E-state index is 0.480. The third-order valence-corrected chi connectivity index (χ3v) is 1.92. The van der Waals surface area contributed by atoms with Crippen molar-refractivity contribution in [3.05, 3.63) is 23.8 Å². The van der Waals surface area contributed by atoms with E-state index in [1.807, 2.05) is 24.1 Å². The first kappa shape index (κ1) is 9.95. The number of anilines is 2. The van der Waals surface area contributed by atoms with Crippen LogP contribution in [0.1, 0.15) is 5.56 Å². The van der Waals surface area contributed by atoms with Gasteiger partial charge in [0.05, 0.1) is 17.8 Å². The smallest absolute Gasteiger partial charge is 0.101 e. The minimum Gasteiger partial charge on any atom is -0.398 e. The summed E-state index contributed by atoms with van der Waals surface area (Å²) < 4.78 is 0. The van der Waals surface area contributed by atoms with Crippen LogP contribution in [0.15, 0.2) is 18.2 Å². The lowest BCUT2D eigenvalue weighted by atomic mass is 10.1. The molecule has 1 aromatic carbocycles. The molecule has 0 heterocycles. The van der Waals surface area contributed by atoms with E-state index in [0.717, 1.165) is 5.69 Å². The van der Waals surface area contributed by atoms with Crippen molar-refractivity contribution in [2.24, 2.45) is 0 Å². The van der Waals surface area contributed by atoms with Crippen LogP contribution < -0.4 is 10.6 Å². The van der Waals surface area contributed by atoms with Gasteiger partial charge in [-0.3, -0.25) is 0 Å². The van der Waals surface area contributed by atoms with Gasteiger partial charge >= 0.3 is 0 Å². The highest BCUT2D eigenvalue weighted by Crippen LogP contribution is 2.19. The lowest BCUT2D eigenvalue weighted by Gasteiger charge is -2.16. The lowest BCUT2D eigenvalue weighted by molar-refractivity contribution is 1.05. The highest BCUT2D eigenvalue weighted by atomic mass is 15.1. The Morgan fingerprint density at radius 1 is 1.57 bits per heavy atom. The van der Waals surface area contributed by atoms with Crippen molar-refractivity contribution >= 4 is 11.4 Å². The average Bonchev–Trinajstić information content (AvgIpc) is 2.18. The molecule has 0 fully saturated rings. The zero-order valence-corrected chi connectivity index (χ0v) is 7.99. The number of benzene rings is 1. The maximum Gasteiger partial charge on any atom is 0.101 e. The van der Waals surface area contributed by atoms with E-state index in [2.05, 4.69) is 5.92 Å². The molecule has 0 aliphatic carbocycles. The molecule has 0 aliphatic rings. The molecule has 14 heavy (non-hydrogen) atoms. The van der Waals surface area contributed by atoms with Crippen molar-refractivity contribution in [1.29, 1.82) is 5.26 Å². The fourth-order valence-electron chi connectivity index (χ4n) is 1.12. The monoisotopic (exact) mass is 185 g/mol. The maximum atomic E-state index is 8.68. The molecule has 3 heteroatoms. The summed E-state index contributed by atoms with van der Waals surface area (Å²) >= 11 is 0. The molecule has 1 aromatic rings. The van der Waals surface area contributed by atoms with Crippen LogP contribution in [-0.2, 0) is 0 Å². The van der Waals surface area contributed by atoms with Crippen molar-refractivity contribution in [3.8, 4) is 18.4 Å². The first-order valence-corrected chi connectivity index (χ1v) is 4.13. The second-order valence-electron chi connectivity index (χ2n) is 2.94. The summed E-state index contributed by atoms with van der Waals surface area (Å²) in [6, 6.07) is 7.27. The quantitative estimate of drug-likeness (QED) is 0.556. The maximum absolute atomic E-state index is 8.68.